The number of benzene rings is 2. The minimum Gasteiger partial charge on any atom is -0.426 e. The smallest absolute Gasteiger partial charge is 0.316 e. The molecule has 1 saturated heterocycles. The van der Waals surface area contributed by atoms with Crippen molar-refractivity contribution in [2.45, 2.75) is 13.3 Å². The zero-order chi connectivity index (χ0) is 18.0. The number of amides is 1. The molecule has 7 nitrogen and oxygen atoms in total. The maximum Gasteiger partial charge on any atom is 0.316 e. The molecule has 1 aliphatic rings. The number of non-ortho nitro benzene ring substituents is 1. The van der Waals surface area contributed by atoms with Gasteiger partial charge < -0.3 is 9.64 Å². The number of aryl methyl sites for hydroxylation is 1. The second-order valence-corrected chi connectivity index (χ2v) is 5.86. The van der Waals surface area contributed by atoms with Gasteiger partial charge in [0.05, 0.1) is 10.8 Å². The molecule has 1 atom stereocenters. The molecule has 3 rings (SSSR count). The Morgan fingerprint density at radius 3 is 2.52 bits per heavy atom. The quantitative estimate of drug-likeness (QED) is 0.369. The van der Waals surface area contributed by atoms with E-state index < -0.39 is 16.8 Å². The molecule has 0 aliphatic carbocycles. The molecule has 7 heteroatoms. The van der Waals surface area contributed by atoms with Gasteiger partial charge in [0, 0.05) is 30.8 Å². The van der Waals surface area contributed by atoms with Gasteiger partial charge in [-0.05, 0) is 30.7 Å². The van der Waals surface area contributed by atoms with Crippen LogP contribution in [0.5, 0.6) is 5.75 Å². The van der Waals surface area contributed by atoms with Gasteiger partial charge in [0.15, 0.2) is 0 Å². The fourth-order valence-corrected chi connectivity index (χ4v) is 2.80. The molecule has 0 radical (unpaired) electrons. The van der Waals surface area contributed by atoms with Crippen LogP contribution in [0.1, 0.15) is 12.0 Å². The lowest BCUT2D eigenvalue weighted by molar-refractivity contribution is -0.384. The van der Waals surface area contributed by atoms with Crippen molar-refractivity contribution in [2.24, 2.45) is 5.92 Å². The number of hydrogen-bond donors (Lipinski definition) is 0. The first kappa shape index (κ1) is 16.6. The van der Waals surface area contributed by atoms with Crippen molar-refractivity contribution >= 4 is 23.3 Å². The monoisotopic (exact) mass is 340 g/mol. The van der Waals surface area contributed by atoms with Crippen LogP contribution in [-0.4, -0.2) is 23.3 Å². The number of nitrogens with zero attached hydrogens (tertiary/aromatic N) is 2. The molecule has 1 fully saturated rings. The van der Waals surface area contributed by atoms with Crippen molar-refractivity contribution in [1.29, 1.82) is 0 Å². The molecular formula is C18H16N2O5. The molecule has 0 aromatic heterocycles. The summed E-state index contributed by atoms with van der Waals surface area (Å²) in [5, 5.41) is 10.6. The molecule has 2 aromatic carbocycles. The lowest BCUT2D eigenvalue weighted by Gasteiger charge is -2.18. The predicted octanol–water partition coefficient (Wildman–Crippen LogP) is 2.86. The van der Waals surface area contributed by atoms with E-state index in [1.165, 1.54) is 24.3 Å². The van der Waals surface area contributed by atoms with E-state index >= 15 is 0 Å². The highest BCUT2D eigenvalue weighted by atomic mass is 16.6. The highest BCUT2D eigenvalue weighted by Gasteiger charge is 2.36. The van der Waals surface area contributed by atoms with E-state index in [4.69, 9.17) is 4.74 Å². The first-order chi connectivity index (χ1) is 12.0. The lowest BCUT2D eigenvalue weighted by Crippen LogP contribution is -2.27. The van der Waals surface area contributed by atoms with Crippen LogP contribution in [0.4, 0.5) is 11.4 Å². The van der Waals surface area contributed by atoms with Gasteiger partial charge in [0.25, 0.3) is 5.69 Å². The Balaban J connectivity index is 1.68. The number of rotatable bonds is 4. The number of nitro groups is 1. The number of esters is 1. The van der Waals surface area contributed by atoms with Crippen LogP contribution < -0.4 is 9.64 Å². The van der Waals surface area contributed by atoms with Gasteiger partial charge in [-0.15, -0.1) is 0 Å². The Morgan fingerprint density at radius 2 is 1.88 bits per heavy atom. The Labute approximate surface area is 144 Å². The summed E-state index contributed by atoms with van der Waals surface area (Å²) in [6.45, 7) is 2.17. The van der Waals surface area contributed by atoms with Crippen LogP contribution in [0, 0.1) is 23.0 Å². The predicted molar refractivity (Wildman–Crippen MR) is 90.4 cm³/mol. The van der Waals surface area contributed by atoms with Crippen molar-refractivity contribution in [2.75, 3.05) is 11.4 Å². The van der Waals surface area contributed by atoms with Gasteiger partial charge in [-0.3, -0.25) is 19.7 Å². The summed E-state index contributed by atoms with van der Waals surface area (Å²) in [7, 11) is 0. The van der Waals surface area contributed by atoms with Gasteiger partial charge >= 0.3 is 5.97 Å². The molecule has 2 aromatic rings. The van der Waals surface area contributed by atoms with E-state index in [1.54, 1.807) is 4.90 Å². The number of anilines is 1. The third-order valence-corrected chi connectivity index (χ3v) is 4.13. The Kier molecular flexibility index (Phi) is 4.47. The van der Waals surface area contributed by atoms with Crippen molar-refractivity contribution in [3.63, 3.8) is 0 Å². The Bertz CT molecular complexity index is 832. The molecule has 0 N–H and O–H groups in total. The van der Waals surface area contributed by atoms with E-state index in [0.717, 1.165) is 11.3 Å². The van der Waals surface area contributed by atoms with Crippen LogP contribution in [0.25, 0.3) is 0 Å². The van der Waals surface area contributed by atoms with Crippen molar-refractivity contribution in [1.82, 2.24) is 0 Å². The number of ether oxygens (including phenoxy) is 1. The Morgan fingerprint density at radius 1 is 1.20 bits per heavy atom. The zero-order valence-electron chi connectivity index (χ0n) is 13.5. The maximum absolute atomic E-state index is 12.3. The summed E-state index contributed by atoms with van der Waals surface area (Å²) in [6.07, 6.45) is 0.0835. The van der Waals surface area contributed by atoms with Crippen molar-refractivity contribution in [3.05, 3.63) is 64.2 Å². The van der Waals surface area contributed by atoms with E-state index in [1.807, 2.05) is 31.2 Å². The van der Waals surface area contributed by atoms with Crippen LogP contribution in [0.2, 0.25) is 0 Å². The second kappa shape index (κ2) is 6.72. The van der Waals surface area contributed by atoms with Crippen LogP contribution in [0.15, 0.2) is 48.5 Å². The third-order valence-electron chi connectivity index (χ3n) is 4.13. The molecule has 1 amide bonds. The third kappa shape index (κ3) is 3.50. The van der Waals surface area contributed by atoms with Gasteiger partial charge in [0.1, 0.15) is 5.75 Å². The van der Waals surface area contributed by atoms with Crippen molar-refractivity contribution < 1.29 is 19.2 Å². The second-order valence-electron chi connectivity index (χ2n) is 5.86. The molecule has 1 aliphatic heterocycles. The van der Waals surface area contributed by atoms with Crippen LogP contribution in [-0.2, 0) is 9.59 Å². The number of hydrogen-bond acceptors (Lipinski definition) is 5. The summed E-state index contributed by atoms with van der Waals surface area (Å²) in [6, 6.07) is 12.8. The van der Waals surface area contributed by atoms with E-state index in [-0.39, 0.29) is 30.3 Å². The molecule has 0 spiro atoms. The molecular weight excluding hydrogens is 324 g/mol. The molecule has 0 unspecified atom stereocenters. The highest BCUT2D eigenvalue weighted by Crippen LogP contribution is 2.29. The Hall–Kier alpha value is -3.22. The van der Waals surface area contributed by atoms with Gasteiger partial charge in [-0.1, -0.05) is 18.2 Å². The molecule has 1 heterocycles. The minimum absolute atomic E-state index is 0.0819. The van der Waals surface area contributed by atoms with E-state index in [2.05, 4.69) is 0 Å². The normalized spacial score (nSPS) is 16.8. The van der Waals surface area contributed by atoms with Gasteiger partial charge in [-0.2, -0.15) is 0 Å². The maximum atomic E-state index is 12.3. The van der Waals surface area contributed by atoms with Crippen LogP contribution in [0.3, 0.4) is 0 Å². The lowest BCUT2D eigenvalue weighted by atomic mass is 10.1. The number of para-hydroxylation sites is 1. The zero-order valence-corrected chi connectivity index (χ0v) is 13.5. The SMILES string of the molecule is Cc1ccccc1N1C[C@H](C(=O)Oc2ccc([N+](=O)[O-])cc2)CC1=O. The molecule has 25 heavy (non-hydrogen) atoms. The first-order valence-corrected chi connectivity index (χ1v) is 7.78. The topological polar surface area (TPSA) is 89.8 Å². The molecule has 0 saturated carbocycles. The summed E-state index contributed by atoms with van der Waals surface area (Å²) >= 11 is 0. The summed E-state index contributed by atoms with van der Waals surface area (Å²) in [4.78, 5) is 36.3. The number of carbonyl (C=O) groups is 2. The van der Waals surface area contributed by atoms with Gasteiger partial charge in [-0.25, -0.2) is 0 Å². The summed E-state index contributed by atoms with van der Waals surface area (Å²) in [5.74, 6) is -0.988. The van der Waals surface area contributed by atoms with E-state index in [0.29, 0.717) is 0 Å². The highest BCUT2D eigenvalue weighted by molar-refractivity contribution is 6.00. The standard InChI is InChI=1S/C18H16N2O5/c1-12-4-2-3-5-16(12)19-11-13(10-17(19)21)18(22)25-15-8-6-14(7-9-15)20(23)24/h2-9,13H,10-11H2,1H3/t13-/m1/s1. The molecule has 0 bridgehead atoms. The summed E-state index contributed by atoms with van der Waals surface area (Å²) in [5.41, 5.74) is 1.67. The average Bonchev–Trinajstić information content (AvgIpc) is 2.97. The first-order valence-electron chi connectivity index (χ1n) is 7.78. The average molecular weight is 340 g/mol. The van der Waals surface area contributed by atoms with Crippen LogP contribution >= 0.6 is 0 Å². The van der Waals surface area contributed by atoms with Gasteiger partial charge in [0.2, 0.25) is 5.91 Å². The summed E-state index contributed by atoms with van der Waals surface area (Å²) < 4.78 is 5.26. The fourth-order valence-electron chi connectivity index (χ4n) is 2.80. The number of nitro benzene ring substituents is 1. The van der Waals surface area contributed by atoms with E-state index in [9.17, 15) is 19.7 Å². The molecule has 128 valence electrons. The fraction of sp³-hybridized carbons (Fsp3) is 0.222. The minimum atomic E-state index is -0.567. The number of carbonyl (C=O) groups excluding carboxylic acids is 2. The largest absolute Gasteiger partial charge is 0.426 e. The van der Waals surface area contributed by atoms with Crippen molar-refractivity contribution in [3.8, 4) is 5.75 Å².